The zero-order chi connectivity index (χ0) is 15.4. The van der Waals surface area contributed by atoms with Crippen LogP contribution in [0, 0.1) is 13.8 Å². The van der Waals surface area contributed by atoms with E-state index in [0.717, 1.165) is 22.6 Å². The molecule has 0 aliphatic heterocycles. The molecule has 0 atom stereocenters. The highest BCUT2D eigenvalue weighted by atomic mass is 32.2. The van der Waals surface area contributed by atoms with Crippen molar-refractivity contribution in [1.82, 2.24) is 15.2 Å². The van der Waals surface area contributed by atoms with E-state index >= 15 is 0 Å². The van der Waals surface area contributed by atoms with Gasteiger partial charge in [0, 0.05) is 11.6 Å². The number of anilines is 1. The fraction of sp³-hybridized carbons (Fsp3) is 0.400. The minimum Gasteiger partial charge on any atom is -0.325 e. The highest BCUT2D eigenvalue weighted by molar-refractivity contribution is 7.99. The van der Waals surface area contributed by atoms with E-state index in [2.05, 4.69) is 26.6 Å². The van der Waals surface area contributed by atoms with Crippen LogP contribution in [0.3, 0.4) is 0 Å². The summed E-state index contributed by atoms with van der Waals surface area (Å²) in [5, 5.41) is 10.5. The van der Waals surface area contributed by atoms with Crippen LogP contribution in [0.25, 0.3) is 0 Å². The Hall–Kier alpha value is -1.82. The average Bonchev–Trinajstić information content (AvgIpc) is 2.84. The maximum atomic E-state index is 12.0. The molecule has 2 N–H and O–H groups in total. The van der Waals surface area contributed by atoms with Gasteiger partial charge in [0.15, 0.2) is 0 Å². The Morgan fingerprint density at radius 3 is 2.52 bits per heavy atom. The van der Waals surface area contributed by atoms with Gasteiger partial charge in [-0.25, -0.2) is 4.98 Å². The summed E-state index contributed by atoms with van der Waals surface area (Å²) in [6.45, 7) is 8.11. The van der Waals surface area contributed by atoms with Crippen molar-refractivity contribution in [2.45, 2.75) is 38.8 Å². The van der Waals surface area contributed by atoms with Crippen LogP contribution in [0.5, 0.6) is 0 Å². The smallest absolute Gasteiger partial charge is 0.234 e. The van der Waals surface area contributed by atoms with Gasteiger partial charge < -0.3 is 5.32 Å². The van der Waals surface area contributed by atoms with Crippen LogP contribution in [0.2, 0.25) is 0 Å². The quantitative estimate of drug-likeness (QED) is 0.832. The molecule has 0 aliphatic rings. The Bertz CT molecular complexity index is 616. The molecule has 1 amide bonds. The standard InChI is InChI=1S/C15H20N4OS/c1-9(2)14-17-15(19-18-14)21-8-13(20)16-12-6-10(3)5-11(4)7-12/h5-7,9H,8H2,1-4H3,(H,16,20)(H,17,18,19). The van der Waals surface area contributed by atoms with Crippen molar-refractivity contribution >= 4 is 23.4 Å². The Morgan fingerprint density at radius 2 is 1.95 bits per heavy atom. The number of nitrogens with one attached hydrogen (secondary N) is 2. The van der Waals surface area contributed by atoms with E-state index in [1.807, 2.05) is 39.8 Å². The van der Waals surface area contributed by atoms with E-state index in [4.69, 9.17) is 0 Å². The lowest BCUT2D eigenvalue weighted by molar-refractivity contribution is -0.113. The first-order valence-electron chi connectivity index (χ1n) is 6.87. The monoisotopic (exact) mass is 304 g/mol. The third-order valence-corrected chi connectivity index (χ3v) is 3.71. The second-order valence-electron chi connectivity index (χ2n) is 5.37. The van der Waals surface area contributed by atoms with E-state index in [1.165, 1.54) is 11.8 Å². The first-order chi connectivity index (χ1) is 9.94. The molecule has 1 heterocycles. The van der Waals surface area contributed by atoms with E-state index < -0.39 is 0 Å². The summed E-state index contributed by atoms with van der Waals surface area (Å²) in [6.07, 6.45) is 0. The summed E-state index contributed by atoms with van der Waals surface area (Å²) >= 11 is 1.33. The molecule has 0 radical (unpaired) electrons. The summed E-state index contributed by atoms with van der Waals surface area (Å²) in [4.78, 5) is 16.3. The van der Waals surface area contributed by atoms with Crippen LogP contribution in [0.1, 0.15) is 36.7 Å². The minimum atomic E-state index is -0.0547. The van der Waals surface area contributed by atoms with Gasteiger partial charge in [0.25, 0.3) is 0 Å². The largest absolute Gasteiger partial charge is 0.325 e. The maximum absolute atomic E-state index is 12.0. The number of aryl methyl sites for hydroxylation is 2. The zero-order valence-corrected chi connectivity index (χ0v) is 13.5. The fourth-order valence-electron chi connectivity index (χ4n) is 1.95. The number of hydrogen-bond donors (Lipinski definition) is 2. The lowest BCUT2D eigenvalue weighted by Gasteiger charge is -2.06. The number of carbonyl (C=O) groups is 1. The number of carbonyl (C=O) groups excluding carboxylic acids is 1. The van der Waals surface area contributed by atoms with Gasteiger partial charge in [-0.1, -0.05) is 31.7 Å². The molecule has 0 fully saturated rings. The number of hydrogen-bond acceptors (Lipinski definition) is 4. The number of rotatable bonds is 5. The fourth-order valence-corrected chi connectivity index (χ4v) is 2.56. The Balaban J connectivity index is 1.89. The van der Waals surface area contributed by atoms with E-state index in [9.17, 15) is 4.79 Å². The van der Waals surface area contributed by atoms with E-state index in [-0.39, 0.29) is 5.91 Å². The van der Waals surface area contributed by atoms with Gasteiger partial charge in [0.2, 0.25) is 11.1 Å². The molecular formula is C15H20N4OS. The molecule has 1 aromatic heterocycles. The van der Waals surface area contributed by atoms with Crippen LogP contribution in [-0.4, -0.2) is 26.8 Å². The van der Waals surface area contributed by atoms with Crippen molar-refractivity contribution in [3.8, 4) is 0 Å². The van der Waals surface area contributed by atoms with Crippen molar-refractivity contribution in [1.29, 1.82) is 0 Å². The topological polar surface area (TPSA) is 70.7 Å². The van der Waals surface area contributed by atoms with Gasteiger partial charge in [0.1, 0.15) is 5.82 Å². The summed E-state index contributed by atoms with van der Waals surface area (Å²) in [5.74, 6) is 1.38. The number of H-pyrrole nitrogens is 1. The number of amides is 1. The zero-order valence-electron chi connectivity index (χ0n) is 12.7. The van der Waals surface area contributed by atoms with Gasteiger partial charge in [0.05, 0.1) is 5.75 Å². The second kappa shape index (κ2) is 6.76. The number of benzene rings is 1. The minimum absolute atomic E-state index is 0.0547. The molecular weight excluding hydrogens is 284 g/mol. The van der Waals surface area contributed by atoms with Crippen LogP contribution >= 0.6 is 11.8 Å². The van der Waals surface area contributed by atoms with Gasteiger partial charge >= 0.3 is 0 Å². The number of aromatic amines is 1. The summed E-state index contributed by atoms with van der Waals surface area (Å²) in [6, 6.07) is 5.99. The van der Waals surface area contributed by atoms with E-state index in [1.54, 1.807) is 0 Å². The van der Waals surface area contributed by atoms with Gasteiger partial charge in [-0.05, 0) is 37.1 Å². The molecule has 112 valence electrons. The van der Waals surface area contributed by atoms with E-state index in [0.29, 0.717) is 16.8 Å². The number of nitrogens with zero attached hydrogens (tertiary/aromatic N) is 2. The molecule has 0 saturated carbocycles. The molecule has 1 aromatic carbocycles. The molecule has 2 rings (SSSR count). The Labute approximate surface area is 128 Å². The highest BCUT2D eigenvalue weighted by Gasteiger charge is 2.10. The van der Waals surface area contributed by atoms with Crippen LogP contribution in [0.15, 0.2) is 23.4 Å². The number of thioether (sulfide) groups is 1. The van der Waals surface area contributed by atoms with Crippen LogP contribution in [-0.2, 0) is 4.79 Å². The molecule has 0 spiro atoms. The summed E-state index contributed by atoms with van der Waals surface area (Å²) < 4.78 is 0. The van der Waals surface area contributed by atoms with Crippen LogP contribution in [0.4, 0.5) is 5.69 Å². The molecule has 21 heavy (non-hydrogen) atoms. The number of aromatic nitrogens is 3. The second-order valence-corrected chi connectivity index (χ2v) is 6.31. The van der Waals surface area contributed by atoms with Crippen molar-refractivity contribution in [3.63, 3.8) is 0 Å². The van der Waals surface area contributed by atoms with Crippen LogP contribution < -0.4 is 5.32 Å². The first kappa shape index (κ1) is 15.6. The predicted octanol–water partition coefficient (Wildman–Crippen LogP) is 3.28. The third-order valence-electron chi connectivity index (χ3n) is 2.87. The summed E-state index contributed by atoms with van der Waals surface area (Å²) in [7, 11) is 0. The van der Waals surface area contributed by atoms with Crippen molar-refractivity contribution < 1.29 is 4.79 Å². The normalized spacial score (nSPS) is 10.9. The maximum Gasteiger partial charge on any atom is 0.234 e. The van der Waals surface area contributed by atoms with Crippen molar-refractivity contribution in [2.24, 2.45) is 0 Å². The Morgan fingerprint density at radius 1 is 1.29 bits per heavy atom. The molecule has 0 saturated heterocycles. The molecule has 2 aromatic rings. The van der Waals surface area contributed by atoms with Gasteiger partial charge in [-0.2, -0.15) is 0 Å². The summed E-state index contributed by atoms with van der Waals surface area (Å²) in [5.41, 5.74) is 3.10. The van der Waals surface area contributed by atoms with Crippen molar-refractivity contribution in [2.75, 3.05) is 11.1 Å². The predicted molar refractivity (Wildman–Crippen MR) is 85.7 cm³/mol. The highest BCUT2D eigenvalue weighted by Crippen LogP contribution is 2.17. The van der Waals surface area contributed by atoms with Gasteiger partial charge in [-0.3, -0.25) is 9.89 Å². The molecule has 0 bridgehead atoms. The molecule has 0 unspecified atom stereocenters. The molecule has 0 aliphatic carbocycles. The lowest BCUT2D eigenvalue weighted by Crippen LogP contribution is -2.14. The SMILES string of the molecule is Cc1cc(C)cc(NC(=O)CSc2n[nH]c(C(C)C)n2)c1. The molecule has 6 heteroatoms. The molecule has 5 nitrogen and oxygen atoms in total. The average molecular weight is 304 g/mol. The van der Waals surface area contributed by atoms with Crippen molar-refractivity contribution in [3.05, 3.63) is 35.2 Å². The lowest BCUT2D eigenvalue weighted by atomic mass is 10.1. The van der Waals surface area contributed by atoms with Gasteiger partial charge in [-0.15, -0.1) is 5.10 Å². The third kappa shape index (κ3) is 4.60. The first-order valence-corrected chi connectivity index (χ1v) is 7.86. The Kier molecular flexibility index (Phi) is 5.01.